The van der Waals surface area contributed by atoms with E-state index in [0.29, 0.717) is 6.04 Å². The first-order valence-electron chi connectivity index (χ1n) is 12.9. The molecule has 4 aromatic carbocycles. The fourth-order valence-corrected chi connectivity index (χ4v) is 6.17. The van der Waals surface area contributed by atoms with E-state index in [4.69, 9.17) is 0 Å². The topological polar surface area (TPSA) is 4.44 Å². The zero-order valence-electron chi connectivity index (χ0n) is 21.1. The van der Waals surface area contributed by atoms with Crippen LogP contribution in [-0.2, 0) is 0 Å². The second kappa shape index (κ2) is 10.9. The molecule has 2 bridgehead atoms. The third-order valence-corrected chi connectivity index (χ3v) is 8.11. The Morgan fingerprint density at radius 3 is 1.29 bits per heavy atom. The van der Waals surface area contributed by atoms with Gasteiger partial charge in [-0.2, -0.15) is 21.9 Å². The second-order valence-electron chi connectivity index (χ2n) is 10.0. The van der Waals surface area contributed by atoms with Gasteiger partial charge in [0.2, 0.25) is 0 Å². The number of halogens is 4. The highest BCUT2D eigenvalue weighted by Crippen LogP contribution is 2.16. The quantitative estimate of drug-likeness (QED) is 0.243. The van der Waals surface area contributed by atoms with Crippen LogP contribution in [0.4, 0.5) is 17.6 Å². The number of fused-ring (bicyclic) bond motifs is 2. The molecule has 4 aromatic rings. The van der Waals surface area contributed by atoms with E-state index in [0.717, 1.165) is 12.5 Å². The van der Waals surface area contributed by atoms with Crippen LogP contribution in [0.5, 0.6) is 0 Å². The summed E-state index contributed by atoms with van der Waals surface area (Å²) in [4.78, 5) is 1.66. The molecule has 1 fully saturated rings. The lowest BCUT2D eigenvalue weighted by Crippen LogP contribution is -3.14. The fraction of sp³-hybridized carbons (Fsp3) is 0.188. The standard InChI is InChI=1S/C24H16BF4.C8H11N/c26-21-13-5-1-9-17(21)25(18-10-2-6-14-22(18)27,19-11-3-7-15-23(19)28)20-12-4-8-16-24(20)29;1-9-7-3-2-4-8(9)6-5-7/h1-16H;7-8H,3,5-6H2,1H3/q-1;/p+1/t;7-,8+/m.1/s1. The summed E-state index contributed by atoms with van der Waals surface area (Å²) >= 11 is 0. The average molecular weight is 513 g/mol. The molecular weight excluding hydrogens is 485 g/mol. The van der Waals surface area contributed by atoms with Gasteiger partial charge in [0.15, 0.2) is 0 Å². The highest BCUT2D eigenvalue weighted by atomic mass is 19.1. The molecule has 192 valence electrons. The van der Waals surface area contributed by atoms with Gasteiger partial charge in [-0.15, -0.1) is 0 Å². The average Bonchev–Trinajstić information content (AvgIpc) is 3.11. The van der Waals surface area contributed by atoms with Crippen molar-refractivity contribution in [1.29, 1.82) is 0 Å². The fourth-order valence-electron chi connectivity index (χ4n) is 6.17. The molecule has 0 radical (unpaired) electrons. The van der Waals surface area contributed by atoms with Crippen LogP contribution in [0, 0.1) is 35.1 Å². The minimum atomic E-state index is -2.82. The summed E-state index contributed by atoms with van der Waals surface area (Å²) in [6.45, 7) is 0. The first-order valence-corrected chi connectivity index (χ1v) is 12.9. The lowest BCUT2D eigenvalue weighted by molar-refractivity contribution is -0.909. The second-order valence-corrected chi connectivity index (χ2v) is 10.0. The molecular formula is C32H28BF4N. The normalized spacial score (nSPS) is 19.7. The zero-order valence-corrected chi connectivity index (χ0v) is 21.1. The largest absolute Gasteiger partial charge is 0.322 e. The van der Waals surface area contributed by atoms with E-state index in [1.165, 1.54) is 85.6 Å². The third kappa shape index (κ3) is 4.52. The van der Waals surface area contributed by atoms with Gasteiger partial charge in [-0.1, -0.05) is 78.7 Å². The summed E-state index contributed by atoms with van der Waals surface area (Å²) in [7, 11) is 2.27. The van der Waals surface area contributed by atoms with Gasteiger partial charge in [-0.25, -0.2) is 17.6 Å². The summed E-state index contributed by atoms with van der Waals surface area (Å²) in [6.07, 6.45) is 1.05. The Kier molecular flexibility index (Phi) is 7.40. The van der Waals surface area contributed by atoms with Crippen molar-refractivity contribution in [3.63, 3.8) is 0 Å². The lowest BCUT2D eigenvalue weighted by Gasteiger charge is -2.44. The molecule has 0 aromatic heterocycles. The van der Waals surface area contributed by atoms with Gasteiger partial charge in [-0.3, -0.25) is 0 Å². The van der Waals surface area contributed by atoms with Crippen LogP contribution in [0.15, 0.2) is 97.1 Å². The van der Waals surface area contributed by atoms with Crippen molar-refractivity contribution in [3.05, 3.63) is 120 Å². The Hall–Kier alpha value is -3.82. The Balaban J connectivity index is 0.000000273. The minimum absolute atomic E-state index is 0.0211. The number of benzene rings is 4. The van der Waals surface area contributed by atoms with E-state index in [1.807, 2.05) is 0 Å². The summed E-state index contributed by atoms with van der Waals surface area (Å²) in [6, 6.07) is 24.5. The Labute approximate surface area is 221 Å². The van der Waals surface area contributed by atoms with Gasteiger partial charge in [0, 0.05) is 12.8 Å². The van der Waals surface area contributed by atoms with Gasteiger partial charge in [0.25, 0.3) is 0 Å². The molecule has 2 aliphatic rings. The summed E-state index contributed by atoms with van der Waals surface area (Å²) in [5.74, 6) is 3.82. The molecule has 1 nitrogen and oxygen atoms in total. The number of rotatable bonds is 4. The van der Waals surface area contributed by atoms with E-state index in [-0.39, 0.29) is 21.9 Å². The Bertz CT molecular complexity index is 1320. The van der Waals surface area contributed by atoms with Crippen LogP contribution in [0.1, 0.15) is 19.3 Å². The maximum Gasteiger partial charge on any atom is 0.149 e. The van der Waals surface area contributed by atoms with Crippen LogP contribution in [-0.4, -0.2) is 25.3 Å². The first-order chi connectivity index (χ1) is 18.4. The molecule has 6 rings (SSSR count). The molecule has 2 aliphatic heterocycles. The number of nitrogens with one attached hydrogen (secondary N) is 1. The van der Waals surface area contributed by atoms with E-state index in [2.05, 4.69) is 18.9 Å². The molecule has 0 amide bonds. The molecule has 6 heteroatoms. The van der Waals surface area contributed by atoms with Gasteiger partial charge < -0.3 is 4.90 Å². The highest BCUT2D eigenvalue weighted by molar-refractivity contribution is 7.20. The molecule has 1 unspecified atom stereocenters. The van der Waals surface area contributed by atoms with Gasteiger partial charge in [0.05, 0.1) is 42.8 Å². The highest BCUT2D eigenvalue weighted by Gasteiger charge is 2.39. The maximum atomic E-state index is 15.2. The summed E-state index contributed by atoms with van der Waals surface area (Å²) in [5.41, 5.74) is 0.0844. The lowest BCUT2D eigenvalue weighted by atomic mass is 9.12. The van der Waals surface area contributed by atoms with E-state index in [9.17, 15) is 0 Å². The predicted molar refractivity (Wildman–Crippen MR) is 146 cm³/mol. The van der Waals surface area contributed by atoms with E-state index >= 15 is 17.6 Å². The van der Waals surface area contributed by atoms with Crippen LogP contribution in [0.3, 0.4) is 0 Å². The van der Waals surface area contributed by atoms with Crippen LogP contribution in [0.25, 0.3) is 0 Å². The van der Waals surface area contributed by atoms with E-state index in [1.54, 1.807) is 29.2 Å². The Morgan fingerprint density at radius 1 is 0.605 bits per heavy atom. The van der Waals surface area contributed by atoms with Gasteiger partial charge >= 0.3 is 0 Å². The zero-order chi connectivity index (χ0) is 26.7. The van der Waals surface area contributed by atoms with Crippen LogP contribution < -0.4 is 26.8 Å². The minimum Gasteiger partial charge on any atom is -0.322 e. The SMILES string of the molecule is C[NH+]1[C@@H]2CC#C[C@H]1CC2.Fc1ccccc1[B-](c1ccccc1F)(c1ccccc1F)c1ccccc1F. The third-order valence-electron chi connectivity index (χ3n) is 8.11. The smallest absolute Gasteiger partial charge is 0.149 e. The molecule has 1 N–H and O–H groups in total. The van der Waals surface area contributed by atoms with Crippen molar-refractivity contribution in [2.75, 3.05) is 7.05 Å². The molecule has 0 spiro atoms. The number of hydrogen-bond donors (Lipinski definition) is 1. The van der Waals surface area contributed by atoms with Crippen molar-refractivity contribution in [2.24, 2.45) is 0 Å². The summed E-state index contributed by atoms with van der Waals surface area (Å²) in [5, 5.41) is 0. The summed E-state index contributed by atoms with van der Waals surface area (Å²) < 4.78 is 60.7. The maximum absolute atomic E-state index is 15.2. The van der Waals surface area contributed by atoms with E-state index < -0.39 is 29.4 Å². The molecule has 0 aliphatic carbocycles. The molecule has 3 atom stereocenters. The van der Waals surface area contributed by atoms with Crippen molar-refractivity contribution < 1.29 is 22.5 Å². The first kappa shape index (κ1) is 25.8. The van der Waals surface area contributed by atoms with Crippen molar-refractivity contribution >= 4 is 28.0 Å². The van der Waals surface area contributed by atoms with Crippen LogP contribution >= 0.6 is 0 Å². The molecule has 1 saturated heterocycles. The number of quaternary nitrogens is 1. The Morgan fingerprint density at radius 2 is 0.974 bits per heavy atom. The van der Waals surface area contributed by atoms with Gasteiger partial charge in [-0.05, 0) is 30.2 Å². The van der Waals surface area contributed by atoms with Crippen molar-refractivity contribution in [1.82, 2.24) is 0 Å². The van der Waals surface area contributed by atoms with Crippen molar-refractivity contribution in [3.8, 4) is 11.8 Å². The number of hydrogen-bond acceptors (Lipinski definition) is 0. The molecule has 38 heavy (non-hydrogen) atoms. The predicted octanol–water partition coefficient (Wildman–Crippen LogP) is 3.06. The molecule has 2 heterocycles. The monoisotopic (exact) mass is 513 g/mol. The van der Waals surface area contributed by atoms with Crippen molar-refractivity contribution in [2.45, 2.75) is 31.3 Å². The van der Waals surface area contributed by atoms with Gasteiger partial charge in [0.1, 0.15) is 12.2 Å². The molecule has 0 saturated carbocycles. The van der Waals surface area contributed by atoms with Crippen LogP contribution in [0.2, 0.25) is 0 Å².